The number of rotatable bonds is 8. The maximum Gasteiger partial charge on any atom is 0.325 e. The highest BCUT2D eigenvalue weighted by molar-refractivity contribution is 8.26. The number of carbonyl (C=O) groups is 3. The van der Waals surface area contributed by atoms with Gasteiger partial charge in [0.15, 0.2) is 0 Å². The van der Waals surface area contributed by atoms with Crippen molar-refractivity contribution in [1.29, 1.82) is 0 Å². The molecule has 1 aliphatic rings. The standard InChI is InChI=1S/C22H20N2O5S2/c1-14(21(27)28)23-19(25)10-11-24-20(26)18(31-22(24)30)13-15-6-5-9-17(12-15)29-16-7-3-2-4-8-16/h2-9,12-14H,10-11H2,1H3,(H,23,25)(H,27,28)/b18-13-. The van der Waals surface area contributed by atoms with Gasteiger partial charge in [0.2, 0.25) is 5.91 Å². The highest BCUT2D eigenvalue weighted by Gasteiger charge is 2.32. The summed E-state index contributed by atoms with van der Waals surface area (Å²) in [6.45, 7) is 1.45. The third kappa shape index (κ3) is 6.16. The smallest absolute Gasteiger partial charge is 0.325 e. The van der Waals surface area contributed by atoms with Crippen LogP contribution in [-0.2, 0) is 14.4 Å². The molecular formula is C22H20N2O5S2. The zero-order valence-corrected chi connectivity index (χ0v) is 18.2. The molecule has 1 unspecified atom stereocenters. The Balaban J connectivity index is 1.64. The molecule has 1 atom stereocenters. The summed E-state index contributed by atoms with van der Waals surface area (Å²) in [6.07, 6.45) is 1.68. The van der Waals surface area contributed by atoms with E-state index in [0.29, 0.717) is 20.7 Å². The van der Waals surface area contributed by atoms with E-state index in [1.165, 1.54) is 11.8 Å². The number of hydrogen-bond acceptors (Lipinski definition) is 6. The molecule has 1 aliphatic heterocycles. The summed E-state index contributed by atoms with van der Waals surface area (Å²) in [6, 6.07) is 15.7. The first-order valence-electron chi connectivity index (χ1n) is 9.44. The molecule has 2 aromatic rings. The van der Waals surface area contributed by atoms with Gasteiger partial charge in [0.05, 0.1) is 4.91 Å². The number of para-hydroxylation sites is 1. The zero-order valence-electron chi connectivity index (χ0n) is 16.6. The summed E-state index contributed by atoms with van der Waals surface area (Å²) < 4.78 is 6.18. The number of benzene rings is 2. The van der Waals surface area contributed by atoms with Crippen LogP contribution in [0.4, 0.5) is 0 Å². The van der Waals surface area contributed by atoms with Crippen molar-refractivity contribution >= 4 is 52.2 Å². The summed E-state index contributed by atoms with van der Waals surface area (Å²) >= 11 is 6.44. The van der Waals surface area contributed by atoms with Crippen LogP contribution in [-0.4, -0.2) is 44.7 Å². The number of nitrogens with one attached hydrogen (secondary N) is 1. The molecule has 2 N–H and O–H groups in total. The Hall–Kier alpha value is -3.17. The predicted octanol–water partition coefficient (Wildman–Crippen LogP) is 3.66. The van der Waals surface area contributed by atoms with Gasteiger partial charge in [-0.05, 0) is 42.8 Å². The lowest BCUT2D eigenvalue weighted by atomic mass is 10.2. The molecular weight excluding hydrogens is 436 g/mol. The maximum atomic E-state index is 12.7. The van der Waals surface area contributed by atoms with Crippen molar-refractivity contribution < 1.29 is 24.2 Å². The number of carboxylic acid groups (broad SMARTS) is 1. The Labute approximate surface area is 189 Å². The number of nitrogens with zero attached hydrogens (tertiary/aromatic N) is 1. The Morgan fingerprint density at radius 3 is 2.61 bits per heavy atom. The molecule has 1 heterocycles. The predicted molar refractivity (Wildman–Crippen MR) is 123 cm³/mol. The van der Waals surface area contributed by atoms with Crippen molar-refractivity contribution in [3.8, 4) is 11.5 Å². The second-order valence-corrected chi connectivity index (χ2v) is 8.37. The van der Waals surface area contributed by atoms with Crippen LogP contribution in [0, 0.1) is 0 Å². The highest BCUT2D eigenvalue weighted by Crippen LogP contribution is 2.33. The highest BCUT2D eigenvalue weighted by atomic mass is 32.2. The SMILES string of the molecule is CC(NC(=O)CCN1C(=O)/C(=C/c2cccc(Oc3ccccc3)c2)SC1=S)C(=O)O. The number of thiocarbonyl (C=S) groups is 1. The Morgan fingerprint density at radius 1 is 1.19 bits per heavy atom. The van der Waals surface area contributed by atoms with Crippen LogP contribution in [0.3, 0.4) is 0 Å². The van der Waals surface area contributed by atoms with Crippen molar-refractivity contribution in [3.05, 3.63) is 65.1 Å². The minimum absolute atomic E-state index is 0.0439. The van der Waals surface area contributed by atoms with Gasteiger partial charge in [-0.3, -0.25) is 19.3 Å². The fourth-order valence-corrected chi connectivity index (χ4v) is 4.03. The van der Waals surface area contributed by atoms with E-state index in [1.807, 2.05) is 54.6 Å². The van der Waals surface area contributed by atoms with Gasteiger partial charge in [0, 0.05) is 13.0 Å². The summed E-state index contributed by atoms with van der Waals surface area (Å²) in [7, 11) is 0. The van der Waals surface area contributed by atoms with Crippen LogP contribution >= 0.6 is 24.0 Å². The molecule has 9 heteroatoms. The summed E-state index contributed by atoms with van der Waals surface area (Å²) in [4.78, 5) is 37.2. The summed E-state index contributed by atoms with van der Waals surface area (Å²) in [5, 5.41) is 11.2. The number of hydrogen-bond donors (Lipinski definition) is 2. The van der Waals surface area contributed by atoms with E-state index < -0.39 is 17.9 Å². The van der Waals surface area contributed by atoms with Crippen LogP contribution in [0.15, 0.2) is 59.5 Å². The molecule has 1 fully saturated rings. The van der Waals surface area contributed by atoms with Crippen molar-refractivity contribution in [1.82, 2.24) is 10.2 Å². The van der Waals surface area contributed by atoms with Crippen LogP contribution < -0.4 is 10.1 Å². The first-order chi connectivity index (χ1) is 14.8. The summed E-state index contributed by atoms with van der Waals surface area (Å²) in [5.74, 6) is -0.524. The van der Waals surface area contributed by atoms with Crippen molar-refractivity contribution in [3.63, 3.8) is 0 Å². The first-order valence-corrected chi connectivity index (χ1v) is 10.7. The van der Waals surface area contributed by atoms with Crippen molar-refractivity contribution in [2.24, 2.45) is 0 Å². The van der Waals surface area contributed by atoms with Gasteiger partial charge < -0.3 is 15.2 Å². The molecule has 0 spiro atoms. The maximum absolute atomic E-state index is 12.7. The fourth-order valence-electron chi connectivity index (χ4n) is 2.73. The lowest BCUT2D eigenvalue weighted by Gasteiger charge is -2.15. The third-order valence-corrected chi connectivity index (χ3v) is 5.70. The van der Waals surface area contributed by atoms with Crippen LogP contribution in [0.25, 0.3) is 6.08 Å². The molecule has 3 rings (SSSR count). The van der Waals surface area contributed by atoms with Crippen LogP contribution in [0.1, 0.15) is 18.9 Å². The van der Waals surface area contributed by atoms with Gasteiger partial charge in [-0.25, -0.2) is 0 Å². The van der Waals surface area contributed by atoms with Crippen LogP contribution in [0.5, 0.6) is 11.5 Å². The molecule has 0 radical (unpaired) electrons. The third-order valence-electron chi connectivity index (χ3n) is 4.32. The van der Waals surface area contributed by atoms with E-state index in [1.54, 1.807) is 6.08 Å². The zero-order chi connectivity index (χ0) is 22.4. The molecule has 0 aliphatic carbocycles. The molecule has 2 aromatic carbocycles. The average molecular weight is 457 g/mol. The molecule has 160 valence electrons. The second kappa shape index (κ2) is 10.2. The number of carboxylic acids is 1. The first kappa shape index (κ1) is 22.5. The number of aliphatic carboxylic acids is 1. The molecule has 0 saturated carbocycles. The lowest BCUT2D eigenvalue weighted by Crippen LogP contribution is -2.40. The topological polar surface area (TPSA) is 95.9 Å². The van der Waals surface area contributed by atoms with E-state index in [-0.39, 0.29) is 18.9 Å². The van der Waals surface area contributed by atoms with E-state index in [0.717, 1.165) is 17.3 Å². The Bertz CT molecular complexity index is 1040. The fraction of sp³-hybridized carbons (Fsp3) is 0.182. The van der Waals surface area contributed by atoms with Crippen molar-refractivity contribution in [2.75, 3.05) is 6.54 Å². The molecule has 7 nitrogen and oxygen atoms in total. The van der Waals surface area contributed by atoms with Crippen molar-refractivity contribution in [2.45, 2.75) is 19.4 Å². The molecule has 1 saturated heterocycles. The van der Waals surface area contributed by atoms with Gasteiger partial charge >= 0.3 is 5.97 Å². The number of carbonyl (C=O) groups excluding carboxylic acids is 2. The van der Waals surface area contributed by atoms with E-state index in [9.17, 15) is 14.4 Å². The minimum atomic E-state index is -1.12. The normalized spacial score (nSPS) is 15.8. The monoisotopic (exact) mass is 456 g/mol. The van der Waals surface area contributed by atoms with E-state index in [2.05, 4.69) is 5.32 Å². The molecule has 0 bridgehead atoms. The molecule has 0 aromatic heterocycles. The second-order valence-electron chi connectivity index (χ2n) is 6.70. The summed E-state index contributed by atoms with van der Waals surface area (Å²) in [5.41, 5.74) is 0.780. The van der Waals surface area contributed by atoms with Gasteiger partial charge in [-0.2, -0.15) is 0 Å². The Kier molecular flexibility index (Phi) is 7.43. The van der Waals surface area contributed by atoms with E-state index in [4.69, 9.17) is 22.1 Å². The van der Waals surface area contributed by atoms with Gasteiger partial charge in [-0.1, -0.05) is 54.3 Å². The minimum Gasteiger partial charge on any atom is -0.480 e. The average Bonchev–Trinajstić information content (AvgIpc) is 3.00. The number of amides is 2. The van der Waals surface area contributed by atoms with Gasteiger partial charge in [0.1, 0.15) is 21.9 Å². The number of thioether (sulfide) groups is 1. The molecule has 2 amide bonds. The molecule has 31 heavy (non-hydrogen) atoms. The van der Waals surface area contributed by atoms with Gasteiger partial charge in [0.25, 0.3) is 5.91 Å². The Morgan fingerprint density at radius 2 is 1.90 bits per heavy atom. The van der Waals surface area contributed by atoms with Crippen LogP contribution in [0.2, 0.25) is 0 Å². The lowest BCUT2D eigenvalue weighted by molar-refractivity contribution is -0.141. The largest absolute Gasteiger partial charge is 0.480 e. The van der Waals surface area contributed by atoms with E-state index >= 15 is 0 Å². The number of ether oxygens (including phenoxy) is 1. The quantitative estimate of drug-likeness (QED) is 0.462. The van der Waals surface area contributed by atoms with Gasteiger partial charge in [-0.15, -0.1) is 0 Å².